The molecule has 4 aromatic carbocycles. The van der Waals surface area contributed by atoms with Gasteiger partial charge in [-0.05, 0) is 55.9 Å². The molecule has 0 aliphatic heterocycles. The lowest BCUT2D eigenvalue weighted by atomic mass is 9.94. The number of hydrogen-bond donors (Lipinski definition) is 0. The van der Waals surface area contributed by atoms with Crippen molar-refractivity contribution in [3.05, 3.63) is 71.4 Å². The fourth-order valence-corrected chi connectivity index (χ4v) is 5.77. The van der Waals surface area contributed by atoms with Gasteiger partial charge >= 0.3 is 0 Å². The normalized spacial score (nSPS) is 12.2. The SMILES string of the molecule is c1ccc2c(c1)c1ccsc1c1c2ccc2ccc3sccc3c21. The average molecular weight is 340 g/mol. The van der Waals surface area contributed by atoms with Gasteiger partial charge in [-0.15, -0.1) is 22.7 Å². The van der Waals surface area contributed by atoms with Crippen molar-refractivity contribution in [2.45, 2.75) is 0 Å². The quantitative estimate of drug-likeness (QED) is 0.250. The van der Waals surface area contributed by atoms with Gasteiger partial charge in [0.15, 0.2) is 0 Å². The molecule has 0 atom stereocenters. The van der Waals surface area contributed by atoms with Gasteiger partial charge in [0.1, 0.15) is 0 Å². The maximum Gasteiger partial charge on any atom is 0.0434 e. The summed E-state index contributed by atoms with van der Waals surface area (Å²) in [6, 6.07) is 22.4. The molecule has 0 fully saturated rings. The predicted octanol–water partition coefficient (Wildman–Crippen LogP) is 7.58. The lowest BCUT2D eigenvalue weighted by Gasteiger charge is -2.11. The minimum Gasteiger partial charge on any atom is -0.144 e. The van der Waals surface area contributed by atoms with Crippen molar-refractivity contribution in [2.24, 2.45) is 0 Å². The first-order valence-corrected chi connectivity index (χ1v) is 9.78. The summed E-state index contributed by atoms with van der Waals surface area (Å²) < 4.78 is 2.78. The van der Waals surface area contributed by atoms with Crippen LogP contribution >= 0.6 is 22.7 Å². The van der Waals surface area contributed by atoms with Crippen LogP contribution in [-0.2, 0) is 0 Å². The number of hydrogen-bond acceptors (Lipinski definition) is 2. The summed E-state index contributed by atoms with van der Waals surface area (Å²) in [5, 5.41) is 15.4. The van der Waals surface area contributed by atoms with Crippen LogP contribution < -0.4 is 0 Å². The fourth-order valence-electron chi connectivity index (χ4n) is 4.00. The standard InChI is InChI=1S/C22H12S2/c1-2-4-15-14(3-1)16-7-5-13-6-8-19-18(10-11-23-19)20(13)21(16)22-17(15)9-12-24-22/h1-12H. The molecule has 24 heavy (non-hydrogen) atoms. The van der Waals surface area contributed by atoms with Gasteiger partial charge in [-0.1, -0.05) is 42.5 Å². The summed E-state index contributed by atoms with van der Waals surface area (Å²) >= 11 is 3.69. The first-order chi connectivity index (χ1) is 11.9. The van der Waals surface area contributed by atoms with Crippen molar-refractivity contribution in [1.29, 1.82) is 0 Å². The summed E-state index contributed by atoms with van der Waals surface area (Å²) in [6.45, 7) is 0. The van der Waals surface area contributed by atoms with Gasteiger partial charge in [0, 0.05) is 25.6 Å². The molecule has 112 valence electrons. The van der Waals surface area contributed by atoms with Crippen molar-refractivity contribution < 1.29 is 0 Å². The monoisotopic (exact) mass is 340 g/mol. The highest BCUT2D eigenvalue weighted by molar-refractivity contribution is 7.19. The molecule has 6 rings (SSSR count). The maximum atomic E-state index is 2.30. The molecule has 2 aromatic heterocycles. The minimum absolute atomic E-state index is 1.33. The third-order valence-corrected chi connectivity index (χ3v) is 6.83. The molecule has 6 aromatic rings. The molecule has 2 heterocycles. The number of fused-ring (bicyclic) bond motifs is 10. The zero-order valence-corrected chi connectivity index (χ0v) is 14.4. The van der Waals surface area contributed by atoms with Gasteiger partial charge in [0.05, 0.1) is 0 Å². The Balaban J connectivity index is 2.08. The Kier molecular flexibility index (Phi) is 2.46. The zero-order valence-electron chi connectivity index (χ0n) is 12.7. The van der Waals surface area contributed by atoms with Gasteiger partial charge in [-0.3, -0.25) is 0 Å². The molecule has 0 aliphatic rings. The largest absolute Gasteiger partial charge is 0.144 e. The molecular weight excluding hydrogens is 328 g/mol. The van der Waals surface area contributed by atoms with Crippen LogP contribution in [0.1, 0.15) is 0 Å². The molecule has 0 radical (unpaired) electrons. The lowest BCUT2D eigenvalue weighted by Crippen LogP contribution is -1.83. The molecule has 0 saturated heterocycles. The summed E-state index contributed by atoms with van der Waals surface area (Å²) in [4.78, 5) is 0. The Morgan fingerprint density at radius 1 is 0.500 bits per heavy atom. The molecule has 0 N–H and O–H groups in total. The van der Waals surface area contributed by atoms with Crippen LogP contribution in [-0.4, -0.2) is 0 Å². The highest BCUT2D eigenvalue weighted by Crippen LogP contribution is 2.43. The van der Waals surface area contributed by atoms with Crippen LogP contribution in [0.2, 0.25) is 0 Å². The van der Waals surface area contributed by atoms with Gasteiger partial charge < -0.3 is 0 Å². The minimum atomic E-state index is 1.33. The van der Waals surface area contributed by atoms with Crippen LogP contribution in [0.3, 0.4) is 0 Å². The molecule has 0 nitrogen and oxygen atoms in total. The van der Waals surface area contributed by atoms with E-state index >= 15 is 0 Å². The topological polar surface area (TPSA) is 0 Å². The van der Waals surface area contributed by atoms with E-state index in [0.29, 0.717) is 0 Å². The third-order valence-electron chi connectivity index (χ3n) is 5.02. The van der Waals surface area contributed by atoms with Crippen LogP contribution in [0.25, 0.3) is 52.5 Å². The summed E-state index contributed by atoms with van der Waals surface area (Å²) in [5.74, 6) is 0. The third kappa shape index (κ3) is 1.52. The van der Waals surface area contributed by atoms with Crippen molar-refractivity contribution in [1.82, 2.24) is 0 Å². The zero-order chi connectivity index (χ0) is 15.7. The predicted molar refractivity (Wildman–Crippen MR) is 110 cm³/mol. The Labute approximate surface area is 146 Å². The molecule has 0 bridgehead atoms. The van der Waals surface area contributed by atoms with Crippen molar-refractivity contribution >= 4 is 75.2 Å². The molecule has 0 spiro atoms. The van der Waals surface area contributed by atoms with Crippen LogP contribution in [0.5, 0.6) is 0 Å². The van der Waals surface area contributed by atoms with Crippen LogP contribution in [0, 0.1) is 0 Å². The maximum absolute atomic E-state index is 2.30. The van der Waals surface area contributed by atoms with E-state index in [1.54, 1.807) is 0 Å². The smallest absolute Gasteiger partial charge is 0.0434 e. The second kappa shape index (κ2) is 4.56. The van der Waals surface area contributed by atoms with Crippen LogP contribution in [0.4, 0.5) is 0 Å². The number of rotatable bonds is 0. The lowest BCUT2D eigenvalue weighted by molar-refractivity contribution is 1.83. The van der Waals surface area contributed by atoms with Gasteiger partial charge in [0.2, 0.25) is 0 Å². The molecule has 0 unspecified atom stereocenters. The Bertz CT molecular complexity index is 1400. The number of benzene rings is 4. The van der Waals surface area contributed by atoms with Gasteiger partial charge in [0.25, 0.3) is 0 Å². The van der Waals surface area contributed by atoms with E-state index in [0.717, 1.165) is 0 Å². The second-order valence-corrected chi connectivity index (χ2v) is 8.06. The van der Waals surface area contributed by atoms with E-state index in [1.807, 2.05) is 22.7 Å². The van der Waals surface area contributed by atoms with Crippen molar-refractivity contribution in [3.63, 3.8) is 0 Å². The summed E-state index contributed by atoms with van der Waals surface area (Å²) in [6.07, 6.45) is 0. The molecule has 0 aliphatic carbocycles. The van der Waals surface area contributed by atoms with Gasteiger partial charge in [-0.25, -0.2) is 0 Å². The molecule has 0 amide bonds. The Morgan fingerprint density at radius 3 is 2.17 bits per heavy atom. The van der Waals surface area contributed by atoms with E-state index in [2.05, 4.69) is 71.4 Å². The van der Waals surface area contributed by atoms with E-state index in [-0.39, 0.29) is 0 Å². The second-order valence-electron chi connectivity index (χ2n) is 6.19. The molecule has 0 saturated carbocycles. The fraction of sp³-hybridized carbons (Fsp3) is 0. The highest BCUT2D eigenvalue weighted by atomic mass is 32.1. The van der Waals surface area contributed by atoms with Crippen LogP contribution in [0.15, 0.2) is 71.4 Å². The van der Waals surface area contributed by atoms with E-state index in [9.17, 15) is 0 Å². The first-order valence-electron chi connectivity index (χ1n) is 8.02. The first kappa shape index (κ1) is 12.9. The Hall–Kier alpha value is -2.42. The highest BCUT2D eigenvalue weighted by Gasteiger charge is 2.13. The molecular formula is C22H12S2. The number of thiophene rings is 2. The summed E-state index contributed by atoms with van der Waals surface area (Å²) in [7, 11) is 0. The van der Waals surface area contributed by atoms with Gasteiger partial charge in [-0.2, -0.15) is 0 Å². The van der Waals surface area contributed by atoms with E-state index < -0.39 is 0 Å². The van der Waals surface area contributed by atoms with Crippen molar-refractivity contribution in [3.8, 4) is 0 Å². The van der Waals surface area contributed by atoms with Crippen molar-refractivity contribution in [2.75, 3.05) is 0 Å². The average Bonchev–Trinajstić information content (AvgIpc) is 3.30. The Morgan fingerprint density at radius 2 is 1.25 bits per heavy atom. The summed E-state index contributed by atoms with van der Waals surface area (Å²) in [5.41, 5.74) is 0. The van der Waals surface area contributed by atoms with E-state index in [4.69, 9.17) is 0 Å². The molecule has 2 heteroatoms. The van der Waals surface area contributed by atoms with E-state index in [1.165, 1.54) is 52.5 Å².